The van der Waals surface area contributed by atoms with Crippen LogP contribution in [0.5, 0.6) is 0 Å². The van der Waals surface area contributed by atoms with Crippen LogP contribution in [-0.4, -0.2) is 26.7 Å². The van der Waals surface area contributed by atoms with E-state index in [-0.39, 0.29) is 11.9 Å². The quantitative estimate of drug-likeness (QED) is 0.919. The second kappa shape index (κ2) is 6.49. The summed E-state index contributed by atoms with van der Waals surface area (Å²) in [6.45, 7) is 4.86. The molecule has 1 atom stereocenters. The van der Waals surface area contributed by atoms with E-state index in [0.717, 1.165) is 24.5 Å². The Labute approximate surface area is 145 Å². The van der Waals surface area contributed by atoms with Crippen LogP contribution < -0.4 is 5.32 Å². The number of carbonyl (C=O) groups is 1. The predicted molar refractivity (Wildman–Crippen MR) is 90.1 cm³/mol. The molecule has 1 N–H and O–H groups in total. The average molecular weight is 353 g/mol. The number of fused-ring (bicyclic) bond motifs is 1. The molecule has 0 saturated carbocycles. The molecule has 1 aliphatic rings. The molecule has 7 heteroatoms. The molecule has 0 fully saturated rings. The summed E-state index contributed by atoms with van der Waals surface area (Å²) in [7, 11) is 0. The molecule has 5 nitrogen and oxygen atoms in total. The van der Waals surface area contributed by atoms with E-state index in [2.05, 4.69) is 33.9 Å². The maximum atomic E-state index is 12.5. The topological polar surface area (TPSA) is 59.8 Å². The molecule has 1 aliphatic heterocycles. The zero-order valence-electron chi connectivity index (χ0n) is 13.0. The van der Waals surface area contributed by atoms with E-state index in [0.29, 0.717) is 28.1 Å². The van der Waals surface area contributed by atoms with E-state index in [4.69, 9.17) is 23.2 Å². The first-order valence-corrected chi connectivity index (χ1v) is 8.39. The molecular formula is C16H18Cl2N4O. The highest BCUT2D eigenvalue weighted by Gasteiger charge is 2.25. The van der Waals surface area contributed by atoms with Crippen molar-refractivity contribution in [3.63, 3.8) is 0 Å². The number of hydrogen-bond donors (Lipinski definition) is 1. The van der Waals surface area contributed by atoms with Gasteiger partial charge in [-0.05, 0) is 24.6 Å². The number of nitrogens with zero attached hydrogens (tertiary/aromatic N) is 3. The van der Waals surface area contributed by atoms with Crippen LogP contribution in [0.25, 0.3) is 0 Å². The highest BCUT2D eigenvalue weighted by atomic mass is 35.5. The second-order valence-corrected chi connectivity index (χ2v) is 6.92. The summed E-state index contributed by atoms with van der Waals surface area (Å²) in [6, 6.07) is 4.92. The SMILES string of the molecule is CC(C)c1nnc2n1CC(NC(=O)c1cc(Cl)ccc1Cl)CC2. The van der Waals surface area contributed by atoms with Crippen LogP contribution in [0.4, 0.5) is 0 Å². The molecule has 23 heavy (non-hydrogen) atoms. The van der Waals surface area contributed by atoms with Gasteiger partial charge in [0.1, 0.15) is 11.6 Å². The largest absolute Gasteiger partial charge is 0.347 e. The van der Waals surface area contributed by atoms with Gasteiger partial charge in [0.15, 0.2) is 0 Å². The average Bonchev–Trinajstić information content (AvgIpc) is 2.93. The van der Waals surface area contributed by atoms with Gasteiger partial charge in [-0.1, -0.05) is 37.0 Å². The van der Waals surface area contributed by atoms with Gasteiger partial charge in [-0.15, -0.1) is 10.2 Å². The second-order valence-electron chi connectivity index (χ2n) is 6.07. The molecule has 0 spiro atoms. The molecular weight excluding hydrogens is 335 g/mol. The van der Waals surface area contributed by atoms with Gasteiger partial charge in [0.05, 0.1) is 10.6 Å². The Balaban J connectivity index is 1.75. The summed E-state index contributed by atoms with van der Waals surface area (Å²) in [4.78, 5) is 12.5. The Bertz CT molecular complexity index is 742. The number of amides is 1. The molecule has 1 unspecified atom stereocenters. The summed E-state index contributed by atoms with van der Waals surface area (Å²) >= 11 is 12.0. The molecule has 0 bridgehead atoms. The Kier molecular flexibility index (Phi) is 4.60. The number of carbonyl (C=O) groups excluding carboxylic acids is 1. The van der Waals surface area contributed by atoms with E-state index in [1.165, 1.54) is 0 Å². The summed E-state index contributed by atoms with van der Waals surface area (Å²) in [5.74, 6) is 2.04. The van der Waals surface area contributed by atoms with E-state index >= 15 is 0 Å². The predicted octanol–water partition coefficient (Wildman–Crippen LogP) is 3.45. The molecule has 2 aromatic rings. The number of hydrogen-bond acceptors (Lipinski definition) is 3. The molecule has 0 radical (unpaired) electrons. The van der Waals surface area contributed by atoms with Crippen molar-refractivity contribution in [2.45, 2.75) is 45.2 Å². The maximum absolute atomic E-state index is 12.5. The molecule has 1 amide bonds. The minimum Gasteiger partial charge on any atom is -0.347 e. The van der Waals surface area contributed by atoms with Crippen LogP contribution in [-0.2, 0) is 13.0 Å². The first-order valence-electron chi connectivity index (χ1n) is 7.63. The monoisotopic (exact) mass is 352 g/mol. The van der Waals surface area contributed by atoms with Gasteiger partial charge in [0.25, 0.3) is 5.91 Å². The van der Waals surface area contributed by atoms with Gasteiger partial charge in [0, 0.05) is 29.9 Å². The molecule has 1 aromatic carbocycles. The zero-order valence-corrected chi connectivity index (χ0v) is 14.5. The van der Waals surface area contributed by atoms with Gasteiger partial charge in [0.2, 0.25) is 0 Å². The van der Waals surface area contributed by atoms with E-state index in [9.17, 15) is 4.79 Å². The fourth-order valence-electron chi connectivity index (χ4n) is 2.83. The summed E-state index contributed by atoms with van der Waals surface area (Å²) in [6.07, 6.45) is 1.63. The summed E-state index contributed by atoms with van der Waals surface area (Å²) < 4.78 is 2.11. The fraction of sp³-hybridized carbons (Fsp3) is 0.438. The smallest absolute Gasteiger partial charge is 0.253 e. The Morgan fingerprint density at radius 3 is 2.87 bits per heavy atom. The number of benzene rings is 1. The molecule has 1 aromatic heterocycles. The summed E-state index contributed by atoms with van der Waals surface area (Å²) in [5.41, 5.74) is 0.401. The fourth-order valence-corrected chi connectivity index (χ4v) is 3.20. The van der Waals surface area contributed by atoms with Gasteiger partial charge in [-0.3, -0.25) is 4.79 Å². The molecule has 122 valence electrons. The zero-order chi connectivity index (χ0) is 16.6. The lowest BCUT2D eigenvalue weighted by molar-refractivity contribution is 0.0927. The number of halogens is 2. The lowest BCUT2D eigenvalue weighted by Gasteiger charge is -2.26. The van der Waals surface area contributed by atoms with Crippen molar-refractivity contribution < 1.29 is 4.79 Å². The van der Waals surface area contributed by atoms with Crippen molar-refractivity contribution in [2.24, 2.45) is 0 Å². The van der Waals surface area contributed by atoms with Crippen LogP contribution in [0.2, 0.25) is 10.0 Å². The first kappa shape index (κ1) is 16.3. The lowest BCUT2D eigenvalue weighted by Crippen LogP contribution is -2.41. The lowest BCUT2D eigenvalue weighted by atomic mass is 10.1. The minimum absolute atomic E-state index is 0.0264. The van der Waals surface area contributed by atoms with Crippen molar-refractivity contribution in [3.05, 3.63) is 45.5 Å². The molecule has 2 heterocycles. The van der Waals surface area contributed by atoms with Crippen LogP contribution in [0.1, 0.15) is 48.2 Å². The molecule has 0 saturated heterocycles. The van der Waals surface area contributed by atoms with Crippen LogP contribution >= 0.6 is 23.2 Å². The molecule has 0 aliphatic carbocycles. The van der Waals surface area contributed by atoms with E-state index in [1.54, 1.807) is 18.2 Å². The van der Waals surface area contributed by atoms with Crippen molar-refractivity contribution in [1.82, 2.24) is 20.1 Å². The third kappa shape index (κ3) is 3.35. The summed E-state index contributed by atoms with van der Waals surface area (Å²) in [5, 5.41) is 12.4. The third-order valence-corrected chi connectivity index (χ3v) is 4.56. The molecule has 3 rings (SSSR count). The first-order chi connectivity index (χ1) is 11.0. The Hall–Kier alpha value is -1.59. The normalized spacial score (nSPS) is 17.2. The van der Waals surface area contributed by atoms with Gasteiger partial charge >= 0.3 is 0 Å². The van der Waals surface area contributed by atoms with Gasteiger partial charge < -0.3 is 9.88 Å². The van der Waals surface area contributed by atoms with E-state index in [1.807, 2.05) is 0 Å². The standard InChI is InChI=1S/C16H18Cl2N4O/c1-9(2)15-21-20-14-6-4-11(8-22(14)15)19-16(23)12-7-10(17)3-5-13(12)18/h3,5,7,9,11H,4,6,8H2,1-2H3,(H,19,23). The van der Waals surface area contributed by atoms with E-state index < -0.39 is 0 Å². The number of aryl methyl sites for hydroxylation is 1. The van der Waals surface area contributed by atoms with Gasteiger partial charge in [-0.2, -0.15) is 0 Å². The maximum Gasteiger partial charge on any atom is 0.253 e. The van der Waals surface area contributed by atoms with Crippen LogP contribution in [0.15, 0.2) is 18.2 Å². The number of aromatic nitrogens is 3. The Morgan fingerprint density at radius 2 is 2.13 bits per heavy atom. The van der Waals surface area contributed by atoms with Crippen LogP contribution in [0, 0.1) is 0 Å². The minimum atomic E-state index is -0.204. The number of rotatable bonds is 3. The van der Waals surface area contributed by atoms with Crippen LogP contribution in [0.3, 0.4) is 0 Å². The van der Waals surface area contributed by atoms with Crippen molar-refractivity contribution in [3.8, 4) is 0 Å². The highest BCUT2D eigenvalue weighted by molar-refractivity contribution is 6.35. The van der Waals surface area contributed by atoms with Gasteiger partial charge in [-0.25, -0.2) is 0 Å². The van der Waals surface area contributed by atoms with Crippen molar-refractivity contribution >= 4 is 29.1 Å². The highest BCUT2D eigenvalue weighted by Crippen LogP contribution is 2.23. The third-order valence-electron chi connectivity index (χ3n) is 4.00. The van der Waals surface area contributed by atoms with Crippen molar-refractivity contribution in [1.29, 1.82) is 0 Å². The number of nitrogens with one attached hydrogen (secondary N) is 1. The van der Waals surface area contributed by atoms with Crippen molar-refractivity contribution in [2.75, 3.05) is 0 Å². The Morgan fingerprint density at radius 1 is 1.35 bits per heavy atom.